The van der Waals surface area contributed by atoms with Crippen LogP contribution in [0.3, 0.4) is 0 Å². The fourth-order valence-electron chi connectivity index (χ4n) is 3.02. The minimum atomic E-state index is -0.341. The van der Waals surface area contributed by atoms with Gasteiger partial charge in [0.25, 0.3) is 11.8 Å². The number of rotatable bonds is 6. The molecule has 0 saturated carbocycles. The van der Waals surface area contributed by atoms with Gasteiger partial charge in [0.1, 0.15) is 11.3 Å². The molecule has 28 heavy (non-hydrogen) atoms. The second-order valence-electron chi connectivity index (χ2n) is 6.52. The van der Waals surface area contributed by atoms with Crippen molar-refractivity contribution in [2.45, 2.75) is 33.2 Å². The lowest BCUT2D eigenvalue weighted by atomic mass is 10.1. The Morgan fingerprint density at radius 2 is 1.71 bits per heavy atom. The summed E-state index contributed by atoms with van der Waals surface area (Å²) in [6.45, 7) is 5.52. The first-order valence-electron chi connectivity index (χ1n) is 9.22. The van der Waals surface area contributed by atoms with Crippen molar-refractivity contribution in [1.29, 1.82) is 0 Å². The van der Waals surface area contributed by atoms with Crippen LogP contribution in [0, 0.1) is 6.92 Å². The van der Waals surface area contributed by atoms with Gasteiger partial charge in [-0.1, -0.05) is 54.5 Å². The summed E-state index contributed by atoms with van der Waals surface area (Å²) >= 11 is 0. The molecule has 6 heteroatoms. The number of aromatic nitrogens is 1. The Bertz CT molecular complexity index is 980. The molecule has 3 aromatic rings. The van der Waals surface area contributed by atoms with E-state index in [9.17, 15) is 9.59 Å². The van der Waals surface area contributed by atoms with Crippen molar-refractivity contribution in [2.75, 3.05) is 5.32 Å². The summed E-state index contributed by atoms with van der Waals surface area (Å²) in [6, 6.07) is 16.5. The van der Waals surface area contributed by atoms with Gasteiger partial charge in [-0.05, 0) is 38.0 Å². The van der Waals surface area contributed by atoms with Crippen LogP contribution in [-0.4, -0.2) is 17.0 Å². The Labute approximate surface area is 163 Å². The average molecular weight is 377 g/mol. The van der Waals surface area contributed by atoms with E-state index in [1.807, 2.05) is 44.2 Å². The summed E-state index contributed by atoms with van der Waals surface area (Å²) in [7, 11) is 0. The zero-order chi connectivity index (χ0) is 20.1. The number of carbonyl (C=O) groups excluding carboxylic acids is 2. The number of hydrogen-bond donors (Lipinski definition) is 2. The van der Waals surface area contributed by atoms with E-state index >= 15 is 0 Å². The zero-order valence-electron chi connectivity index (χ0n) is 16.2. The highest BCUT2D eigenvalue weighted by Gasteiger charge is 2.21. The van der Waals surface area contributed by atoms with Gasteiger partial charge in [-0.2, -0.15) is 0 Å². The number of hydrogen-bond acceptors (Lipinski definition) is 4. The van der Waals surface area contributed by atoms with Crippen molar-refractivity contribution >= 4 is 17.5 Å². The highest BCUT2D eigenvalue weighted by atomic mass is 16.5. The molecule has 6 nitrogen and oxygen atoms in total. The van der Waals surface area contributed by atoms with Crippen LogP contribution in [0.1, 0.15) is 57.6 Å². The maximum atomic E-state index is 12.8. The minimum Gasteiger partial charge on any atom is -0.361 e. The molecule has 2 N–H and O–H groups in total. The van der Waals surface area contributed by atoms with E-state index in [1.165, 1.54) is 0 Å². The minimum absolute atomic E-state index is 0.163. The molecule has 144 valence electrons. The maximum absolute atomic E-state index is 12.8. The van der Waals surface area contributed by atoms with Crippen LogP contribution in [-0.2, 0) is 6.42 Å². The largest absolute Gasteiger partial charge is 0.361 e. The third-order valence-electron chi connectivity index (χ3n) is 4.56. The van der Waals surface area contributed by atoms with Gasteiger partial charge in [0.05, 0.1) is 23.0 Å². The molecule has 1 atom stereocenters. The van der Waals surface area contributed by atoms with E-state index in [4.69, 9.17) is 4.52 Å². The Kier molecular flexibility index (Phi) is 5.89. The van der Waals surface area contributed by atoms with E-state index in [1.54, 1.807) is 31.2 Å². The van der Waals surface area contributed by atoms with Gasteiger partial charge in [-0.3, -0.25) is 9.59 Å². The van der Waals surface area contributed by atoms with Crippen LogP contribution < -0.4 is 10.6 Å². The molecule has 0 fully saturated rings. The SMILES string of the molecule is CCc1noc(C)c1C(=O)Nc1ccccc1C(=O)NC(C)c1ccccc1. The molecule has 0 aliphatic rings. The Morgan fingerprint density at radius 3 is 2.43 bits per heavy atom. The molecule has 0 bridgehead atoms. The fraction of sp³-hybridized carbons (Fsp3) is 0.227. The van der Waals surface area contributed by atoms with Gasteiger partial charge < -0.3 is 15.2 Å². The van der Waals surface area contributed by atoms with E-state index in [2.05, 4.69) is 15.8 Å². The second-order valence-corrected chi connectivity index (χ2v) is 6.52. The second kappa shape index (κ2) is 8.52. The number of nitrogens with zero attached hydrogens (tertiary/aromatic N) is 1. The number of benzene rings is 2. The van der Waals surface area contributed by atoms with E-state index in [-0.39, 0.29) is 17.9 Å². The van der Waals surface area contributed by atoms with E-state index in [0.29, 0.717) is 34.7 Å². The highest BCUT2D eigenvalue weighted by Crippen LogP contribution is 2.21. The Balaban J connectivity index is 1.80. The first-order chi connectivity index (χ1) is 13.5. The van der Waals surface area contributed by atoms with Crippen molar-refractivity contribution in [3.8, 4) is 0 Å². The number of nitrogens with one attached hydrogen (secondary N) is 2. The van der Waals surface area contributed by atoms with Gasteiger partial charge in [0, 0.05) is 0 Å². The van der Waals surface area contributed by atoms with E-state index < -0.39 is 0 Å². The zero-order valence-corrected chi connectivity index (χ0v) is 16.2. The van der Waals surface area contributed by atoms with Crippen molar-refractivity contribution in [1.82, 2.24) is 10.5 Å². The molecular weight excluding hydrogens is 354 g/mol. The highest BCUT2D eigenvalue weighted by molar-refractivity contribution is 6.09. The van der Waals surface area contributed by atoms with Crippen LogP contribution in [0.25, 0.3) is 0 Å². The molecule has 0 saturated heterocycles. The lowest BCUT2D eigenvalue weighted by Gasteiger charge is -2.16. The number of amides is 2. The number of para-hydroxylation sites is 1. The van der Waals surface area contributed by atoms with Gasteiger partial charge in [-0.15, -0.1) is 0 Å². The van der Waals surface area contributed by atoms with Crippen molar-refractivity contribution in [2.24, 2.45) is 0 Å². The quantitative estimate of drug-likeness (QED) is 0.671. The smallest absolute Gasteiger partial charge is 0.261 e. The van der Waals surface area contributed by atoms with Gasteiger partial charge >= 0.3 is 0 Å². The van der Waals surface area contributed by atoms with Crippen molar-refractivity contribution in [3.05, 3.63) is 82.7 Å². The normalized spacial score (nSPS) is 11.7. The summed E-state index contributed by atoms with van der Waals surface area (Å²) in [6.07, 6.45) is 0.580. The topological polar surface area (TPSA) is 84.2 Å². The standard InChI is InChI=1S/C22H23N3O3/c1-4-18-20(15(3)28-25-18)22(27)24-19-13-9-8-12-17(19)21(26)23-14(2)16-10-6-5-7-11-16/h5-14H,4H2,1-3H3,(H,23,26)(H,24,27). The summed E-state index contributed by atoms with van der Waals surface area (Å²) in [5.41, 5.74) is 2.84. The monoisotopic (exact) mass is 377 g/mol. The summed E-state index contributed by atoms with van der Waals surface area (Å²) in [5, 5.41) is 9.71. The number of anilines is 1. The molecule has 1 heterocycles. The van der Waals surface area contributed by atoms with Crippen molar-refractivity contribution < 1.29 is 14.1 Å². The molecule has 0 aliphatic carbocycles. The summed E-state index contributed by atoms with van der Waals surface area (Å²) < 4.78 is 5.13. The molecule has 3 rings (SSSR count). The first kappa shape index (κ1) is 19.4. The van der Waals surface area contributed by atoms with Crippen molar-refractivity contribution in [3.63, 3.8) is 0 Å². The van der Waals surface area contributed by atoms with Gasteiger partial charge in [-0.25, -0.2) is 0 Å². The fourth-order valence-corrected chi connectivity index (χ4v) is 3.02. The molecule has 1 aromatic heterocycles. The number of carbonyl (C=O) groups is 2. The maximum Gasteiger partial charge on any atom is 0.261 e. The van der Waals surface area contributed by atoms with Gasteiger partial charge in [0.2, 0.25) is 0 Å². The molecular formula is C22H23N3O3. The lowest BCUT2D eigenvalue weighted by Crippen LogP contribution is -2.28. The molecule has 0 spiro atoms. The lowest BCUT2D eigenvalue weighted by molar-refractivity contribution is 0.0941. The van der Waals surface area contributed by atoms with Crippen LogP contribution in [0.5, 0.6) is 0 Å². The molecule has 0 radical (unpaired) electrons. The third kappa shape index (κ3) is 4.11. The summed E-state index contributed by atoms with van der Waals surface area (Å²) in [4.78, 5) is 25.6. The Morgan fingerprint density at radius 1 is 1.04 bits per heavy atom. The molecule has 1 unspecified atom stereocenters. The predicted octanol–water partition coefficient (Wildman–Crippen LogP) is 4.29. The molecule has 0 aliphatic heterocycles. The first-order valence-corrected chi connectivity index (χ1v) is 9.22. The van der Waals surface area contributed by atoms with E-state index in [0.717, 1.165) is 5.56 Å². The van der Waals surface area contributed by atoms with Gasteiger partial charge in [0.15, 0.2) is 0 Å². The van der Waals surface area contributed by atoms with Crippen LogP contribution in [0.15, 0.2) is 59.1 Å². The third-order valence-corrected chi connectivity index (χ3v) is 4.56. The molecule has 2 aromatic carbocycles. The Hall–Kier alpha value is -3.41. The molecule has 2 amide bonds. The average Bonchev–Trinajstić information content (AvgIpc) is 3.09. The summed E-state index contributed by atoms with van der Waals surface area (Å²) in [5.74, 6) is -0.147. The predicted molar refractivity (Wildman–Crippen MR) is 107 cm³/mol. The van der Waals surface area contributed by atoms with Crippen LogP contribution in [0.4, 0.5) is 5.69 Å². The van der Waals surface area contributed by atoms with Crippen LogP contribution >= 0.6 is 0 Å². The number of aryl methyl sites for hydroxylation is 2. The van der Waals surface area contributed by atoms with Crippen LogP contribution in [0.2, 0.25) is 0 Å².